The van der Waals surface area contributed by atoms with Gasteiger partial charge in [0.15, 0.2) is 17.3 Å². The van der Waals surface area contributed by atoms with E-state index in [2.05, 4.69) is 15.5 Å². The van der Waals surface area contributed by atoms with Crippen molar-refractivity contribution in [1.82, 2.24) is 15.5 Å². The van der Waals surface area contributed by atoms with Crippen LogP contribution < -0.4 is 14.8 Å². The number of fused-ring (bicyclic) bond motifs is 1. The fraction of sp³-hybridized carbons (Fsp3) is 0.533. The van der Waals surface area contributed by atoms with Gasteiger partial charge in [-0.05, 0) is 12.8 Å². The Bertz CT molecular complexity index is 723. The van der Waals surface area contributed by atoms with E-state index in [1.54, 1.807) is 5.38 Å². The lowest BCUT2D eigenvalue weighted by atomic mass is 10.2. The molecule has 2 aliphatic heterocycles. The molecule has 2 aromatic rings. The van der Waals surface area contributed by atoms with E-state index in [9.17, 15) is 4.79 Å². The number of carbonyl (C=O) groups is 1. The summed E-state index contributed by atoms with van der Waals surface area (Å²) in [5.74, 6) is 2.06. The Hall–Kier alpha value is -2.13. The fourth-order valence-electron chi connectivity index (χ4n) is 2.66. The molecule has 0 spiro atoms. The van der Waals surface area contributed by atoms with Crippen molar-refractivity contribution in [2.24, 2.45) is 0 Å². The van der Waals surface area contributed by atoms with Gasteiger partial charge in [0.2, 0.25) is 0 Å². The molecule has 0 aliphatic carbocycles. The van der Waals surface area contributed by atoms with Crippen molar-refractivity contribution in [2.75, 3.05) is 26.4 Å². The average Bonchev–Trinajstić information content (AvgIpc) is 3.34. The quantitative estimate of drug-likeness (QED) is 0.876. The maximum atomic E-state index is 12.3. The van der Waals surface area contributed by atoms with Crippen LogP contribution in [0.3, 0.4) is 0 Å². The van der Waals surface area contributed by atoms with Crippen LogP contribution in [0.25, 0.3) is 0 Å². The minimum Gasteiger partial charge on any atom is -0.485 e. The predicted octanol–water partition coefficient (Wildman–Crippen LogP) is 1.73. The SMILES string of the molecule is O=C(NCCc1noc([C@H]2CCCO2)n1)c1scc2c1OCCO2. The molecule has 2 aromatic heterocycles. The summed E-state index contributed by atoms with van der Waals surface area (Å²) in [6.07, 6.45) is 2.32. The Labute approximate surface area is 142 Å². The lowest BCUT2D eigenvalue weighted by Gasteiger charge is -2.15. The lowest BCUT2D eigenvalue weighted by Crippen LogP contribution is -2.26. The lowest BCUT2D eigenvalue weighted by molar-refractivity contribution is 0.0835. The number of ether oxygens (including phenoxy) is 3. The molecule has 24 heavy (non-hydrogen) atoms. The van der Waals surface area contributed by atoms with Gasteiger partial charge >= 0.3 is 0 Å². The first-order chi connectivity index (χ1) is 11.8. The Morgan fingerprint density at radius 2 is 2.25 bits per heavy atom. The molecular formula is C15H17N3O5S. The molecule has 1 saturated heterocycles. The minimum atomic E-state index is -0.186. The van der Waals surface area contributed by atoms with Gasteiger partial charge in [0.05, 0.1) is 0 Å². The van der Waals surface area contributed by atoms with E-state index in [1.165, 1.54) is 11.3 Å². The first-order valence-corrected chi connectivity index (χ1v) is 8.78. The first-order valence-electron chi connectivity index (χ1n) is 7.90. The largest absolute Gasteiger partial charge is 0.485 e. The van der Waals surface area contributed by atoms with Crippen molar-refractivity contribution in [1.29, 1.82) is 0 Å². The summed E-state index contributed by atoms with van der Waals surface area (Å²) < 4.78 is 21.7. The van der Waals surface area contributed by atoms with Crippen LogP contribution in [-0.2, 0) is 11.2 Å². The van der Waals surface area contributed by atoms with Crippen molar-refractivity contribution < 1.29 is 23.5 Å². The molecule has 4 heterocycles. The van der Waals surface area contributed by atoms with E-state index in [-0.39, 0.29) is 12.0 Å². The molecule has 0 aromatic carbocycles. The van der Waals surface area contributed by atoms with Crippen molar-refractivity contribution >= 4 is 17.2 Å². The average molecular weight is 351 g/mol. The van der Waals surface area contributed by atoms with Gasteiger partial charge in [-0.1, -0.05) is 5.16 Å². The van der Waals surface area contributed by atoms with Gasteiger partial charge in [0.1, 0.15) is 24.2 Å². The van der Waals surface area contributed by atoms with E-state index >= 15 is 0 Å². The summed E-state index contributed by atoms with van der Waals surface area (Å²) in [5.41, 5.74) is 0. The molecule has 0 saturated carbocycles. The fourth-order valence-corrected chi connectivity index (χ4v) is 3.51. The smallest absolute Gasteiger partial charge is 0.265 e. The van der Waals surface area contributed by atoms with E-state index in [1.807, 2.05) is 0 Å². The maximum absolute atomic E-state index is 12.3. The van der Waals surface area contributed by atoms with Gasteiger partial charge in [-0.3, -0.25) is 4.79 Å². The van der Waals surface area contributed by atoms with E-state index < -0.39 is 0 Å². The second kappa shape index (κ2) is 6.78. The Morgan fingerprint density at radius 1 is 1.33 bits per heavy atom. The van der Waals surface area contributed by atoms with Crippen LogP contribution in [0.15, 0.2) is 9.90 Å². The third-order valence-electron chi connectivity index (χ3n) is 3.83. The van der Waals surface area contributed by atoms with Crippen LogP contribution in [0.1, 0.15) is 40.3 Å². The van der Waals surface area contributed by atoms with Gasteiger partial charge in [-0.15, -0.1) is 11.3 Å². The summed E-state index contributed by atoms with van der Waals surface area (Å²) >= 11 is 1.31. The van der Waals surface area contributed by atoms with Gasteiger partial charge in [0, 0.05) is 25.0 Å². The molecule has 1 atom stereocenters. The van der Waals surface area contributed by atoms with Crippen molar-refractivity contribution in [3.8, 4) is 11.5 Å². The third-order valence-corrected chi connectivity index (χ3v) is 4.77. The summed E-state index contributed by atoms with van der Waals surface area (Å²) in [6, 6.07) is 0. The highest BCUT2D eigenvalue weighted by atomic mass is 32.1. The summed E-state index contributed by atoms with van der Waals surface area (Å²) in [6.45, 7) is 2.11. The molecule has 0 unspecified atom stereocenters. The number of hydrogen-bond acceptors (Lipinski definition) is 8. The van der Waals surface area contributed by atoms with E-state index in [4.69, 9.17) is 18.7 Å². The van der Waals surface area contributed by atoms with Crippen LogP contribution in [0.2, 0.25) is 0 Å². The molecule has 0 bridgehead atoms. The summed E-state index contributed by atoms with van der Waals surface area (Å²) in [5, 5.41) is 8.56. The third kappa shape index (κ3) is 3.09. The standard InChI is InChI=1S/C15H17N3O5S/c19-14(13-12-10(8-24-13)21-6-7-22-12)16-4-3-11-17-15(23-18-11)9-2-1-5-20-9/h8-9H,1-7H2,(H,16,19)/t9-/m1/s1. The van der Waals surface area contributed by atoms with Gasteiger partial charge in [0.25, 0.3) is 11.8 Å². The van der Waals surface area contributed by atoms with Crippen molar-refractivity contribution in [3.63, 3.8) is 0 Å². The maximum Gasteiger partial charge on any atom is 0.265 e. The summed E-state index contributed by atoms with van der Waals surface area (Å²) in [4.78, 5) is 17.1. The monoisotopic (exact) mass is 351 g/mol. The summed E-state index contributed by atoms with van der Waals surface area (Å²) in [7, 11) is 0. The molecule has 128 valence electrons. The number of aromatic nitrogens is 2. The Morgan fingerprint density at radius 3 is 3.12 bits per heavy atom. The highest BCUT2D eigenvalue weighted by Crippen LogP contribution is 2.39. The zero-order valence-corrected chi connectivity index (χ0v) is 13.8. The molecular weight excluding hydrogens is 334 g/mol. The van der Waals surface area contributed by atoms with Crippen LogP contribution in [0.4, 0.5) is 0 Å². The molecule has 1 fully saturated rings. The van der Waals surface area contributed by atoms with Gasteiger partial charge < -0.3 is 24.1 Å². The number of thiophene rings is 1. The van der Waals surface area contributed by atoms with Crippen molar-refractivity contribution in [2.45, 2.75) is 25.4 Å². The number of amides is 1. The normalized spacial score (nSPS) is 19.4. The topological polar surface area (TPSA) is 95.7 Å². The van der Waals surface area contributed by atoms with Crippen LogP contribution in [0.5, 0.6) is 11.5 Å². The van der Waals surface area contributed by atoms with Crippen LogP contribution in [0, 0.1) is 0 Å². The Balaban J connectivity index is 1.31. The van der Waals surface area contributed by atoms with Crippen molar-refractivity contribution in [3.05, 3.63) is 22.0 Å². The zero-order chi connectivity index (χ0) is 16.4. The van der Waals surface area contributed by atoms with E-state index in [0.29, 0.717) is 54.3 Å². The van der Waals surface area contributed by atoms with E-state index in [0.717, 1.165) is 19.4 Å². The highest BCUT2D eigenvalue weighted by molar-refractivity contribution is 7.12. The number of nitrogens with one attached hydrogen (secondary N) is 1. The number of hydrogen-bond donors (Lipinski definition) is 1. The molecule has 0 radical (unpaired) electrons. The molecule has 8 nitrogen and oxygen atoms in total. The Kier molecular flexibility index (Phi) is 4.35. The van der Waals surface area contributed by atoms with Gasteiger partial charge in [-0.25, -0.2) is 0 Å². The first kappa shape index (κ1) is 15.4. The molecule has 9 heteroatoms. The highest BCUT2D eigenvalue weighted by Gasteiger charge is 2.25. The van der Waals surface area contributed by atoms with Gasteiger partial charge in [-0.2, -0.15) is 4.98 Å². The number of rotatable bonds is 5. The van der Waals surface area contributed by atoms with Crippen LogP contribution >= 0.6 is 11.3 Å². The molecule has 2 aliphatic rings. The number of nitrogens with zero attached hydrogens (tertiary/aromatic N) is 2. The second-order valence-electron chi connectivity index (χ2n) is 5.51. The molecule has 1 amide bonds. The zero-order valence-electron chi connectivity index (χ0n) is 12.9. The van der Waals surface area contributed by atoms with Crippen LogP contribution in [-0.4, -0.2) is 42.4 Å². The number of carbonyl (C=O) groups excluding carboxylic acids is 1. The predicted molar refractivity (Wildman–Crippen MR) is 83.6 cm³/mol. The minimum absolute atomic E-state index is 0.0874. The molecule has 4 rings (SSSR count). The second-order valence-corrected chi connectivity index (χ2v) is 6.39. The molecule has 1 N–H and O–H groups in total.